The van der Waals surface area contributed by atoms with Crippen LogP contribution in [0.3, 0.4) is 0 Å². The summed E-state index contributed by atoms with van der Waals surface area (Å²) >= 11 is 0. The molecule has 1 rings (SSSR count). The zero-order chi connectivity index (χ0) is 11.4. The lowest BCUT2D eigenvalue weighted by Gasteiger charge is -2.17. The first-order valence-corrected chi connectivity index (χ1v) is 4.83. The number of carbonyl (C=O) groups is 1. The van der Waals surface area contributed by atoms with Crippen LogP contribution in [0.25, 0.3) is 0 Å². The highest BCUT2D eigenvalue weighted by Gasteiger charge is 2.14. The van der Waals surface area contributed by atoms with Crippen LogP contribution in [0.4, 0.5) is 0 Å². The van der Waals surface area contributed by atoms with E-state index in [1.54, 1.807) is 12.1 Å². The second-order valence-corrected chi connectivity index (χ2v) is 3.43. The minimum absolute atomic E-state index is 0.219. The molecule has 0 unspecified atom stereocenters. The Morgan fingerprint density at radius 2 is 1.93 bits per heavy atom. The molecule has 0 saturated heterocycles. The van der Waals surface area contributed by atoms with Gasteiger partial charge in [-0.3, -0.25) is 0 Å². The Morgan fingerprint density at radius 3 is 2.33 bits per heavy atom. The number of benzene rings is 1. The summed E-state index contributed by atoms with van der Waals surface area (Å²) in [6, 6.07) is 5.78. The lowest BCUT2D eigenvalue weighted by molar-refractivity contribution is 0.0697. The van der Waals surface area contributed by atoms with Crippen molar-refractivity contribution in [3.8, 4) is 0 Å². The predicted octanol–water partition coefficient (Wildman–Crippen LogP) is 1.16. The second kappa shape index (κ2) is 4.91. The number of hydrogen-bond acceptors (Lipinski definition) is 3. The third-order valence-electron chi connectivity index (χ3n) is 2.38. The number of carboxylic acids is 1. The van der Waals surface area contributed by atoms with Gasteiger partial charge in [0.25, 0.3) is 0 Å². The van der Waals surface area contributed by atoms with Gasteiger partial charge >= 0.3 is 5.97 Å². The van der Waals surface area contributed by atoms with Gasteiger partial charge < -0.3 is 15.9 Å². The zero-order valence-corrected chi connectivity index (χ0v) is 8.55. The number of hydrogen-bond donors (Lipinski definition) is 3. The van der Waals surface area contributed by atoms with Crippen molar-refractivity contribution >= 4 is 5.97 Å². The van der Waals surface area contributed by atoms with E-state index in [2.05, 4.69) is 0 Å². The Morgan fingerprint density at radius 1 is 1.40 bits per heavy atom. The highest BCUT2D eigenvalue weighted by atomic mass is 16.4. The summed E-state index contributed by atoms with van der Waals surface area (Å²) in [5.41, 5.74) is 6.74. The molecule has 0 spiro atoms. The maximum Gasteiger partial charge on any atom is 0.335 e. The van der Waals surface area contributed by atoms with Crippen LogP contribution in [0, 0.1) is 0 Å². The Balaban J connectivity index is 2.84. The van der Waals surface area contributed by atoms with Crippen molar-refractivity contribution in [3.05, 3.63) is 35.4 Å². The topological polar surface area (TPSA) is 83.5 Å². The van der Waals surface area contributed by atoms with Crippen LogP contribution >= 0.6 is 0 Å². The van der Waals surface area contributed by atoms with Gasteiger partial charge in [-0.05, 0) is 24.1 Å². The average Bonchev–Trinajstić information content (AvgIpc) is 2.27. The van der Waals surface area contributed by atoms with Gasteiger partial charge in [-0.25, -0.2) is 4.79 Å². The van der Waals surface area contributed by atoms with Gasteiger partial charge in [0.1, 0.15) is 0 Å². The van der Waals surface area contributed by atoms with Crippen molar-refractivity contribution in [1.29, 1.82) is 0 Å². The number of carboxylic acid groups (broad SMARTS) is 1. The molecule has 1 aromatic rings. The molecule has 0 aliphatic carbocycles. The normalized spacial score (nSPS) is 14.6. The first-order chi connectivity index (χ1) is 7.06. The van der Waals surface area contributed by atoms with E-state index >= 15 is 0 Å². The summed E-state index contributed by atoms with van der Waals surface area (Å²) in [7, 11) is 0. The molecule has 0 amide bonds. The van der Waals surface area contributed by atoms with E-state index in [4.69, 9.17) is 10.8 Å². The van der Waals surface area contributed by atoms with E-state index in [-0.39, 0.29) is 5.56 Å². The molecule has 0 fully saturated rings. The van der Waals surface area contributed by atoms with Gasteiger partial charge in [-0.15, -0.1) is 0 Å². The van der Waals surface area contributed by atoms with Crippen molar-refractivity contribution in [2.24, 2.45) is 5.73 Å². The smallest absolute Gasteiger partial charge is 0.335 e. The number of rotatable bonds is 4. The molecule has 0 radical (unpaired) electrons. The van der Waals surface area contributed by atoms with E-state index in [0.29, 0.717) is 6.42 Å². The fraction of sp³-hybridized carbons (Fsp3) is 0.364. The van der Waals surface area contributed by atoms with E-state index < -0.39 is 18.1 Å². The summed E-state index contributed by atoms with van der Waals surface area (Å²) in [5.74, 6) is -0.967. The highest BCUT2D eigenvalue weighted by molar-refractivity contribution is 5.87. The average molecular weight is 209 g/mol. The molecule has 0 aliphatic heterocycles. The van der Waals surface area contributed by atoms with Gasteiger partial charge in [-0.1, -0.05) is 19.1 Å². The highest BCUT2D eigenvalue weighted by Crippen LogP contribution is 2.16. The largest absolute Gasteiger partial charge is 0.478 e. The number of aliphatic hydroxyl groups excluding tert-OH is 1. The van der Waals surface area contributed by atoms with Crippen molar-refractivity contribution in [2.75, 3.05) is 0 Å². The molecule has 15 heavy (non-hydrogen) atoms. The van der Waals surface area contributed by atoms with Gasteiger partial charge in [0.2, 0.25) is 0 Å². The Hall–Kier alpha value is -1.39. The van der Waals surface area contributed by atoms with Crippen LogP contribution in [0.1, 0.15) is 35.3 Å². The minimum atomic E-state index is -0.967. The lowest BCUT2D eigenvalue weighted by atomic mass is 9.99. The Labute approximate surface area is 88.3 Å². The molecule has 4 nitrogen and oxygen atoms in total. The summed E-state index contributed by atoms with van der Waals surface area (Å²) < 4.78 is 0. The van der Waals surface area contributed by atoms with Crippen LogP contribution in [0.5, 0.6) is 0 Å². The summed E-state index contributed by atoms with van der Waals surface area (Å²) in [6.45, 7) is 1.84. The Bertz CT molecular complexity index is 334. The Kier molecular flexibility index (Phi) is 3.82. The van der Waals surface area contributed by atoms with Gasteiger partial charge in [0, 0.05) is 0 Å². The first-order valence-electron chi connectivity index (χ1n) is 4.83. The first kappa shape index (κ1) is 11.7. The molecular weight excluding hydrogens is 194 g/mol. The summed E-state index contributed by atoms with van der Waals surface area (Å²) in [5, 5.41) is 18.2. The van der Waals surface area contributed by atoms with E-state index in [1.807, 2.05) is 6.92 Å². The van der Waals surface area contributed by atoms with Crippen molar-refractivity contribution in [3.63, 3.8) is 0 Å². The second-order valence-electron chi connectivity index (χ2n) is 3.43. The van der Waals surface area contributed by atoms with Gasteiger partial charge in [0.05, 0.1) is 17.7 Å². The molecule has 0 aromatic heterocycles. The van der Waals surface area contributed by atoms with Crippen LogP contribution in [0.2, 0.25) is 0 Å². The predicted molar refractivity (Wildman–Crippen MR) is 56.6 cm³/mol. The molecule has 0 saturated carbocycles. The van der Waals surface area contributed by atoms with Crippen molar-refractivity contribution < 1.29 is 15.0 Å². The molecule has 4 N–H and O–H groups in total. The zero-order valence-electron chi connectivity index (χ0n) is 8.55. The lowest BCUT2D eigenvalue weighted by Crippen LogP contribution is -2.25. The maximum atomic E-state index is 10.6. The van der Waals surface area contributed by atoms with Crippen LogP contribution in [-0.2, 0) is 0 Å². The SMILES string of the molecule is CC[C@H](O)[C@H](N)c1ccc(C(=O)O)cc1. The maximum absolute atomic E-state index is 10.6. The van der Waals surface area contributed by atoms with E-state index in [9.17, 15) is 9.90 Å². The molecule has 4 heteroatoms. The van der Waals surface area contributed by atoms with Gasteiger partial charge in [0.15, 0.2) is 0 Å². The molecular formula is C11H15NO3. The van der Waals surface area contributed by atoms with Gasteiger partial charge in [-0.2, -0.15) is 0 Å². The van der Waals surface area contributed by atoms with Crippen molar-refractivity contribution in [2.45, 2.75) is 25.5 Å². The third kappa shape index (κ3) is 2.78. The van der Waals surface area contributed by atoms with E-state index in [0.717, 1.165) is 5.56 Å². The monoisotopic (exact) mass is 209 g/mol. The third-order valence-corrected chi connectivity index (χ3v) is 2.38. The van der Waals surface area contributed by atoms with Crippen LogP contribution in [0.15, 0.2) is 24.3 Å². The quantitative estimate of drug-likeness (QED) is 0.694. The standard InChI is InChI=1S/C11H15NO3/c1-2-9(13)10(12)7-3-5-8(6-4-7)11(14)15/h3-6,9-10,13H,2,12H2,1H3,(H,14,15)/t9-,10+/m0/s1. The van der Waals surface area contributed by atoms with Crippen LogP contribution < -0.4 is 5.73 Å². The molecule has 2 atom stereocenters. The van der Waals surface area contributed by atoms with Crippen LogP contribution in [-0.4, -0.2) is 22.3 Å². The molecule has 0 heterocycles. The molecule has 82 valence electrons. The fourth-order valence-corrected chi connectivity index (χ4v) is 1.32. The molecule has 1 aromatic carbocycles. The van der Waals surface area contributed by atoms with E-state index in [1.165, 1.54) is 12.1 Å². The fourth-order valence-electron chi connectivity index (χ4n) is 1.32. The molecule has 0 aliphatic rings. The van der Waals surface area contributed by atoms with Crippen molar-refractivity contribution in [1.82, 2.24) is 0 Å². The number of aliphatic hydroxyl groups is 1. The minimum Gasteiger partial charge on any atom is -0.478 e. The summed E-state index contributed by atoms with van der Waals surface area (Å²) in [6.07, 6.45) is -0.0253. The number of aromatic carboxylic acids is 1. The number of nitrogens with two attached hydrogens (primary N) is 1. The molecule has 0 bridgehead atoms. The summed E-state index contributed by atoms with van der Waals surface area (Å²) in [4.78, 5) is 10.6.